The number of aromatic nitrogens is 1. The van der Waals surface area contributed by atoms with Crippen molar-refractivity contribution in [3.63, 3.8) is 0 Å². The highest BCUT2D eigenvalue weighted by Gasteiger charge is 2.02. The SMILES string of the molecule is Nc1ccc(-c2ccccc2Cl)nc1. The van der Waals surface area contributed by atoms with Crippen LogP contribution < -0.4 is 5.73 Å². The van der Waals surface area contributed by atoms with E-state index in [-0.39, 0.29) is 0 Å². The summed E-state index contributed by atoms with van der Waals surface area (Å²) in [7, 11) is 0. The lowest BCUT2D eigenvalue weighted by molar-refractivity contribution is 1.33. The lowest BCUT2D eigenvalue weighted by atomic mass is 10.1. The van der Waals surface area contributed by atoms with Crippen molar-refractivity contribution in [3.8, 4) is 11.3 Å². The van der Waals surface area contributed by atoms with Gasteiger partial charge in [0.05, 0.1) is 17.6 Å². The Hall–Kier alpha value is -1.54. The van der Waals surface area contributed by atoms with Gasteiger partial charge < -0.3 is 5.73 Å². The fraction of sp³-hybridized carbons (Fsp3) is 0. The first kappa shape index (κ1) is 9.03. The molecule has 2 N–H and O–H groups in total. The van der Waals surface area contributed by atoms with Gasteiger partial charge in [0.1, 0.15) is 0 Å². The van der Waals surface area contributed by atoms with Gasteiger partial charge in [-0.2, -0.15) is 0 Å². The van der Waals surface area contributed by atoms with Crippen LogP contribution in [0.2, 0.25) is 5.02 Å². The molecule has 2 rings (SSSR count). The van der Waals surface area contributed by atoms with Crippen molar-refractivity contribution in [1.82, 2.24) is 4.98 Å². The van der Waals surface area contributed by atoms with Gasteiger partial charge >= 0.3 is 0 Å². The highest BCUT2D eigenvalue weighted by Crippen LogP contribution is 2.25. The van der Waals surface area contributed by atoms with Crippen LogP contribution in [-0.4, -0.2) is 4.98 Å². The average Bonchev–Trinajstić information content (AvgIpc) is 2.20. The second-order valence-corrected chi connectivity index (χ2v) is 3.36. The number of pyridine rings is 1. The number of anilines is 1. The van der Waals surface area contributed by atoms with Crippen molar-refractivity contribution in [3.05, 3.63) is 47.6 Å². The van der Waals surface area contributed by atoms with Crippen molar-refractivity contribution >= 4 is 17.3 Å². The molecule has 0 bridgehead atoms. The summed E-state index contributed by atoms with van der Waals surface area (Å²) in [6.45, 7) is 0. The molecule has 3 heteroatoms. The number of rotatable bonds is 1. The van der Waals surface area contributed by atoms with Gasteiger partial charge in [-0.05, 0) is 18.2 Å². The summed E-state index contributed by atoms with van der Waals surface area (Å²) < 4.78 is 0. The fourth-order valence-electron chi connectivity index (χ4n) is 1.23. The molecule has 0 saturated heterocycles. The van der Waals surface area contributed by atoms with Crippen LogP contribution in [0, 0.1) is 0 Å². The van der Waals surface area contributed by atoms with E-state index in [9.17, 15) is 0 Å². The molecule has 2 nitrogen and oxygen atoms in total. The molecule has 70 valence electrons. The summed E-state index contributed by atoms with van der Waals surface area (Å²) >= 11 is 6.03. The van der Waals surface area contributed by atoms with Gasteiger partial charge in [-0.1, -0.05) is 29.8 Å². The zero-order valence-corrected chi connectivity index (χ0v) is 8.20. The summed E-state index contributed by atoms with van der Waals surface area (Å²) in [5, 5.41) is 0.699. The molecule has 14 heavy (non-hydrogen) atoms. The van der Waals surface area contributed by atoms with Crippen LogP contribution in [0.1, 0.15) is 0 Å². The smallest absolute Gasteiger partial charge is 0.0718 e. The van der Waals surface area contributed by atoms with Gasteiger partial charge in [0.25, 0.3) is 0 Å². The van der Waals surface area contributed by atoms with Crippen molar-refractivity contribution in [2.45, 2.75) is 0 Å². The lowest BCUT2D eigenvalue weighted by Crippen LogP contribution is -1.88. The third kappa shape index (κ3) is 1.70. The minimum Gasteiger partial charge on any atom is -0.397 e. The van der Waals surface area contributed by atoms with Gasteiger partial charge in [0.15, 0.2) is 0 Å². The monoisotopic (exact) mass is 204 g/mol. The Kier molecular flexibility index (Phi) is 2.37. The predicted octanol–water partition coefficient (Wildman–Crippen LogP) is 2.98. The highest BCUT2D eigenvalue weighted by molar-refractivity contribution is 6.33. The van der Waals surface area contributed by atoms with Crippen molar-refractivity contribution in [2.75, 3.05) is 5.73 Å². The molecule has 0 atom stereocenters. The Bertz CT molecular complexity index is 437. The summed E-state index contributed by atoms with van der Waals surface area (Å²) in [4.78, 5) is 4.20. The summed E-state index contributed by atoms with van der Waals surface area (Å²) in [5.74, 6) is 0. The number of nitrogens with two attached hydrogens (primary N) is 1. The maximum atomic E-state index is 6.03. The number of nitrogen functional groups attached to an aromatic ring is 1. The van der Waals surface area contributed by atoms with Crippen molar-refractivity contribution < 1.29 is 0 Å². The quantitative estimate of drug-likeness (QED) is 0.776. The van der Waals surface area contributed by atoms with E-state index < -0.39 is 0 Å². The van der Waals surface area contributed by atoms with E-state index >= 15 is 0 Å². The number of hydrogen-bond donors (Lipinski definition) is 1. The first-order valence-electron chi connectivity index (χ1n) is 4.24. The molecule has 0 unspecified atom stereocenters. The molecule has 0 aliphatic rings. The second-order valence-electron chi connectivity index (χ2n) is 2.96. The topological polar surface area (TPSA) is 38.9 Å². The van der Waals surface area contributed by atoms with E-state index in [1.165, 1.54) is 0 Å². The number of nitrogens with zero attached hydrogens (tertiary/aromatic N) is 1. The first-order valence-corrected chi connectivity index (χ1v) is 4.61. The third-order valence-electron chi connectivity index (χ3n) is 1.94. The van der Waals surface area contributed by atoms with Gasteiger partial charge in [-0.3, -0.25) is 4.98 Å². The summed E-state index contributed by atoms with van der Waals surface area (Å²) in [6, 6.07) is 11.3. The predicted molar refractivity (Wildman–Crippen MR) is 59.1 cm³/mol. The molecule has 0 aliphatic carbocycles. The zero-order valence-electron chi connectivity index (χ0n) is 7.44. The summed E-state index contributed by atoms with van der Waals surface area (Å²) in [5.41, 5.74) is 7.96. The van der Waals surface area contributed by atoms with Crippen LogP contribution in [0.3, 0.4) is 0 Å². The molecule has 0 fully saturated rings. The van der Waals surface area contributed by atoms with Crippen LogP contribution in [0.4, 0.5) is 5.69 Å². The molecule has 1 aromatic carbocycles. The van der Waals surface area contributed by atoms with Crippen molar-refractivity contribution in [2.24, 2.45) is 0 Å². The Balaban J connectivity index is 2.50. The Morgan fingerprint density at radius 2 is 1.86 bits per heavy atom. The Morgan fingerprint density at radius 3 is 2.50 bits per heavy atom. The molecular weight excluding hydrogens is 196 g/mol. The van der Waals surface area contributed by atoms with Crippen molar-refractivity contribution in [1.29, 1.82) is 0 Å². The van der Waals surface area contributed by atoms with Crippen LogP contribution >= 0.6 is 11.6 Å². The maximum absolute atomic E-state index is 6.03. The Morgan fingerprint density at radius 1 is 1.07 bits per heavy atom. The molecule has 1 heterocycles. The summed E-state index contributed by atoms with van der Waals surface area (Å²) in [6.07, 6.45) is 1.62. The van der Waals surface area contributed by atoms with E-state index in [0.717, 1.165) is 11.3 Å². The molecule has 1 aromatic heterocycles. The van der Waals surface area contributed by atoms with Crippen LogP contribution in [-0.2, 0) is 0 Å². The van der Waals surface area contributed by atoms with Gasteiger partial charge in [-0.15, -0.1) is 0 Å². The standard InChI is InChI=1S/C11H9ClN2/c12-10-4-2-1-3-9(10)11-6-5-8(13)7-14-11/h1-7H,13H2. The largest absolute Gasteiger partial charge is 0.397 e. The van der Waals surface area contributed by atoms with E-state index in [1.807, 2.05) is 36.4 Å². The van der Waals surface area contributed by atoms with E-state index in [2.05, 4.69) is 4.98 Å². The molecule has 2 aromatic rings. The Labute approximate surface area is 87.4 Å². The van der Waals surface area contributed by atoms with Gasteiger partial charge in [0, 0.05) is 10.6 Å². The number of benzene rings is 1. The minimum atomic E-state index is 0.654. The second kappa shape index (κ2) is 3.68. The van der Waals surface area contributed by atoms with Crippen LogP contribution in [0.5, 0.6) is 0 Å². The maximum Gasteiger partial charge on any atom is 0.0718 e. The number of hydrogen-bond acceptors (Lipinski definition) is 2. The van der Waals surface area contributed by atoms with E-state index in [4.69, 9.17) is 17.3 Å². The minimum absolute atomic E-state index is 0.654. The van der Waals surface area contributed by atoms with Gasteiger partial charge in [-0.25, -0.2) is 0 Å². The normalized spacial score (nSPS) is 10.1. The number of halogens is 1. The van der Waals surface area contributed by atoms with E-state index in [0.29, 0.717) is 10.7 Å². The molecular formula is C11H9ClN2. The first-order chi connectivity index (χ1) is 6.77. The van der Waals surface area contributed by atoms with Crippen LogP contribution in [0.25, 0.3) is 11.3 Å². The molecule has 0 aliphatic heterocycles. The van der Waals surface area contributed by atoms with Gasteiger partial charge in [0.2, 0.25) is 0 Å². The third-order valence-corrected chi connectivity index (χ3v) is 2.27. The van der Waals surface area contributed by atoms with E-state index in [1.54, 1.807) is 6.20 Å². The molecule has 0 amide bonds. The molecule has 0 saturated carbocycles. The highest BCUT2D eigenvalue weighted by atomic mass is 35.5. The molecule has 0 spiro atoms. The van der Waals surface area contributed by atoms with Crippen LogP contribution in [0.15, 0.2) is 42.6 Å². The average molecular weight is 205 g/mol. The fourth-order valence-corrected chi connectivity index (χ4v) is 1.47. The molecule has 0 radical (unpaired) electrons. The zero-order chi connectivity index (χ0) is 9.97. The lowest BCUT2D eigenvalue weighted by Gasteiger charge is -2.02.